The standard InChI is InChI=1S/C22H29NO3/c1-3-5-6-7-8-16-26-20-14-12-19(13-15-20)23-22(24)18-10-9-11-21(17-18)25-4-2/h9-15,17H,3-8,16H2,1-2H3,(H,23,24). The highest BCUT2D eigenvalue weighted by atomic mass is 16.5. The van der Waals surface area contributed by atoms with Crippen molar-refractivity contribution >= 4 is 11.6 Å². The number of benzene rings is 2. The van der Waals surface area contributed by atoms with Gasteiger partial charge >= 0.3 is 0 Å². The zero-order valence-electron chi connectivity index (χ0n) is 15.8. The van der Waals surface area contributed by atoms with Gasteiger partial charge < -0.3 is 14.8 Å². The van der Waals surface area contributed by atoms with Gasteiger partial charge in [0.1, 0.15) is 11.5 Å². The van der Waals surface area contributed by atoms with Crippen molar-refractivity contribution in [3.05, 3.63) is 54.1 Å². The molecule has 0 aliphatic carbocycles. The van der Waals surface area contributed by atoms with Crippen molar-refractivity contribution in [3.63, 3.8) is 0 Å². The normalized spacial score (nSPS) is 10.4. The summed E-state index contributed by atoms with van der Waals surface area (Å²) in [4.78, 5) is 12.4. The molecule has 0 radical (unpaired) electrons. The summed E-state index contributed by atoms with van der Waals surface area (Å²) in [5.41, 5.74) is 1.32. The van der Waals surface area contributed by atoms with E-state index in [1.54, 1.807) is 12.1 Å². The van der Waals surface area contributed by atoms with E-state index in [1.807, 2.05) is 43.3 Å². The number of ether oxygens (including phenoxy) is 2. The number of rotatable bonds is 11. The van der Waals surface area contributed by atoms with E-state index >= 15 is 0 Å². The molecule has 1 N–H and O–H groups in total. The summed E-state index contributed by atoms with van der Waals surface area (Å²) in [5, 5.41) is 2.90. The summed E-state index contributed by atoms with van der Waals surface area (Å²) < 4.78 is 11.2. The average Bonchev–Trinajstić information content (AvgIpc) is 2.66. The number of carbonyl (C=O) groups excluding carboxylic acids is 1. The third kappa shape index (κ3) is 6.79. The van der Waals surface area contributed by atoms with Crippen LogP contribution in [0.5, 0.6) is 11.5 Å². The Bertz CT molecular complexity index is 667. The van der Waals surface area contributed by atoms with Crippen LogP contribution in [0.15, 0.2) is 48.5 Å². The topological polar surface area (TPSA) is 47.6 Å². The zero-order valence-corrected chi connectivity index (χ0v) is 15.8. The van der Waals surface area contributed by atoms with Gasteiger partial charge in [-0.1, -0.05) is 38.7 Å². The number of amides is 1. The third-order valence-electron chi connectivity index (χ3n) is 4.04. The lowest BCUT2D eigenvalue weighted by atomic mass is 10.2. The minimum Gasteiger partial charge on any atom is -0.494 e. The van der Waals surface area contributed by atoms with Crippen molar-refractivity contribution in [2.75, 3.05) is 18.5 Å². The first-order valence-corrected chi connectivity index (χ1v) is 9.50. The molecule has 0 aliphatic heterocycles. The van der Waals surface area contributed by atoms with Crippen LogP contribution >= 0.6 is 0 Å². The fraction of sp³-hybridized carbons (Fsp3) is 0.409. The van der Waals surface area contributed by atoms with Gasteiger partial charge in [-0.2, -0.15) is 0 Å². The number of anilines is 1. The van der Waals surface area contributed by atoms with Crippen LogP contribution in [0, 0.1) is 0 Å². The maximum Gasteiger partial charge on any atom is 0.255 e. The lowest BCUT2D eigenvalue weighted by molar-refractivity contribution is 0.102. The summed E-state index contributed by atoms with van der Waals surface area (Å²) in [7, 11) is 0. The number of unbranched alkanes of at least 4 members (excludes halogenated alkanes) is 4. The van der Waals surface area contributed by atoms with Crippen LogP contribution in [0.2, 0.25) is 0 Å². The lowest BCUT2D eigenvalue weighted by Crippen LogP contribution is -2.12. The molecule has 0 saturated carbocycles. The van der Waals surface area contributed by atoms with Crippen molar-refractivity contribution in [1.29, 1.82) is 0 Å². The fourth-order valence-electron chi connectivity index (χ4n) is 2.63. The molecule has 4 heteroatoms. The van der Waals surface area contributed by atoms with Crippen LogP contribution in [0.4, 0.5) is 5.69 Å². The average molecular weight is 355 g/mol. The summed E-state index contributed by atoms with van der Waals surface area (Å²) in [6.07, 6.45) is 6.11. The van der Waals surface area contributed by atoms with Crippen LogP contribution < -0.4 is 14.8 Å². The number of carbonyl (C=O) groups is 1. The number of hydrogen-bond acceptors (Lipinski definition) is 3. The number of hydrogen-bond donors (Lipinski definition) is 1. The maximum atomic E-state index is 12.4. The maximum absolute atomic E-state index is 12.4. The lowest BCUT2D eigenvalue weighted by Gasteiger charge is -2.09. The van der Waals surface area contributed by atoms with Gasteiger partial charge in [-0.15, -0.1) is 0 Å². The molecule has 0 saturated heterocycles. The minimum absolute atomic E-state index is 0.156. The van der Waals surface area contributed by atoms with Crippen LogP contribution in [-0.4, -0.2) is 19.1 Å². The number of nitrogens with one attached hydrogen (secondary N) is 1. The Labute approximate surface area is 156 Å². The second kappa shape index (κ2) is 11.2. The van der Waals surface area contributed by atoms with Crippen molar-refractivity contribution in [1.82, 2.24) is 0 Å². The van der Waals surface area contributed by atoms with E-state index in [0.717, 1.165) is 24.5 Å². The molecule has 0 unspecified atom stereocenters. The SMILES string of the molecule is CCCCCCCOc1ccc(NC(=O)c2cccc(OCC)c2)cc1. The van der Waals surface area contributed by atoms with Crippen molar-refractivity contribution in [2.24, 2.45) is 0 Å². The molecule has 0 aliphatic rings. The van der Waals surface area contributed by atoms with Gasteiger partial charge in [-0.05, 0) is 55.8 Å². The molecule has 0 atom stereocenters. The molecule has 0 spiro atoms. The Morgan fingerprint density at radius 3 is 2.38 bits per heavy atom. The predicted molar refractivity (Wildman–Crippen MR) is 106 cm³/mol. The van der Waals surface area contributed by atoms with Crippen LogP contribution in [0.3, 0.4) is 0 Å². The monoisotopic (exact) mass is 355 g/mol. The van der Waals surface area contributed by atoms with E-state index in [4.69, 9.17) is 9.47 Å². The summed E-state index contributed by atoms with van der Waals surface area (Å²) in [6.45, 7) is 5.44. The van der Waals surface area contributed by atoms with Gasteiger partial charge in [0, 0.05) is 11.3 Å². The Kier molecular flexibility index (Phi) is 8.53. The second-order valence-corrected chi connectivity index (χ2v) is 6.20. The molecule has 2 aromatic rings. The van der Waals surface area contributed by atoms with E-state index in [1.165, 1.54) is 25.7 Å². The van der Waals surface area contributed by atoms with Gasteiger partial charge in [-0.25, -0.2) is 0 Å². The summed E-state index contributed by atoms with van der Waals surface area (Å²) in [6, 6.07) is 14.7. The molecule has 0 fully saturated rings. The van der Waals surface area contributed by atoms with E-state index in [2.05, 4.69) is 12.2 Å². The molecule has 0 heterocycles. The van der Waals surface area contributed by atoms with E-state index in [9.17, 15) is 4.79 Å². The smallest absolute Gasteiger partial charge is 0.255 e. The van der Waals surface area contributed by atoms with Gasteiger partial charge in [-0.3, -0.25) is 4.79 Å². The predicted octanol–water partition coefficient (Wildman–Crippen LogP) is 5.69. The third-order valence-corrected chi connectivity index (χ3v) is 4.04. The van der Waals surface area contributed by atoms with Crippen LogP contribution in [0.1, 0.15) is 56.3 Å². The summed E-state index contributed by atoms with van der Waals surface area (Å²) in [5.74, 6) is 1.37. The molecule has 26 heavy (non-hydrogen) atoms. The van der Waals surface area contributed by atoms with E-state index in [-0.39, 0.29) is 5.91 Å². The second-order valence-electron chi connectivity index (χ2n) is 6.20. The van der Waals surface area contributed by atoms with Gasteiger partial charge in [0.15, 0.2) is 0 Å². The highest BCUT2D eigenvalue weighted by Crippen LogP contribution is 2.18. The first-order valence-electron chi connectivity index (χ1n) is 9.50. The molecule has 1 amide bonds. The Morgan fingerprint density at radius 1 is 0.885 bits per heavy atom. The Balaban J connectivity index is 1.81. The highest BCUT2D eigenvalue weighted by Gasteiger charge is 2.07. The first kappa shape index (κ1) is 19.8. The molecule has 140 valence electrons. The summed E-state index contributed by atoms with van der Waals surface area (Å²) >= 11 is 0. The molecule has 2 aromatic carbocycles. The van der Waals surface area contributed by atoms with E-state index in [0.29, 0.717) is 17.9 Å². The van der Waals surface area contributed by atoms with Crippen LogP contribution in [0.25, 0.3) is 0 Å². The van der Waals surface area contributed by atoms with Crippen LogP contribution in [-0.2, 0) is 0 Å². The van der Waals surface area contributed by atoms with Crippen molar-refractivity contribution < 1.29 is 14.3 Å². The zero-order chi connectivity index (χ0) is 18.6. The highest BCUT2D eigenvalue weighted by molar-refractivity contribution is 6.04. The van der Waals surface area contributed by atoms with Gasteiger partial charge in [0.2, 0.25) is 0 Å². The first-order chi connectivity index (χ1) is 12.7. The quantitative estimate of drug-likeness (QED) is 0.527. The largest absolute Gasteiger partial charge is 0.494 e. The molecular weight excluding hydrogens is 326 g/mol. The minimum atomic E-state index is -0.156. The fourth-order valence-corrected chi connectivity index (χ4v) is 2.63. The Hall–Kier alpha value is -2.49. The van der Waals surface area contributed by atoms with Gasteiger partial charge in [0.05, 0.1) is 13.2 Å². The molecule has 0 aromatic heterocycles. The molecular formula is C22H29NO3. The van der Waals surface area contributed by atoms with Crippen molar-refractivity contribution in [3.8, 4) is 11.5 Å². The Morgan fingerprint density at radius 2 is 1.65 bits per heavy atom. The van der Waals surface area contributed by atoms with Crippen molar-refractivity contribution in [2.45, 2.75) is 46.0 Å². The molecule has 2 rings (SSSR count). The van der Waals surface area contributed by atoms with E-state index < -0.39 is 0 Å². The van der Waals surface area contributed by atoms with Gasteiger partial charge in [0.25, 0.3) is 5.91 Å². The molecule has 4 nitrogen and oxygen atoms in total. The molecule has 0 bridgehead atoms.